The molecule has 1 aliphatic heterocycles. The van der Waals surface area contributed by atoms with E-state index in [0.717, 1.165) is 37.6 Å². The molecule has 5 heteroatoms. The van der Waals surface area contributed by atoms with E-state index in [0.29, 0.717) is 12.0 Å². The maximum Gasteiger partial charge on any atom is 0.191 e. The van der Waals surface area contributed by atoms with E-state index in [1.165, 1.54) is 12.8 Å². The highest BCUT2D eigenvalue weighted by Gasteiger charge is 2.24. The maximum absolute atomic E-state index is 6.06. The molecule has 108 valence electrons. The van der Waals surface area contributed by atoms with Crippen molar-refractivity contribution in [3.63, 3.8) is 0 Å². The molecule has 1 aliphatic carbocycles. The first-order chi connectivity index (χ1) is 9.78. The third kappa shape index (κ3) is 2.81. The van der Waals surface area contributed by atoms with E-state index in [-0.39, 0.29) is 0 Å². The lowest BCUT2D eigenvalue weighted by Crippen LogP contribution is -2.51. The van der Waals surface area contributed by atoms with Gasteiger partial charge >= 0.3 is 0 Å². The Labute approximate surface area is 120 Å². The first-order valence-electron chi connectivity index (χ1n) is 7.24. The lowest BCUT2D eigenvalue weighted by Gasteiger charge is -2.37. The quantitative estimate of drug-likeness (QED) is 0.666. The van der Waals surface area contributed by atoms with Gasteiger partial charge in [0.1, 0.15) is 5.75 Å². The van der Waals surface area contributed by atoms with Crippen molar-refractivity contribution in [2.45, 2.75) is 18.9 Å². The van der Waals surface area contributed by atoms with Gasteiger partial charge in [-0.3, -0.25) is 0 Å². The van der Waals surface area contributed by atoms with E-state index in [1.54, 1.807) is 7.11 Å². The normalized spacial score (nSPS) is 20.1. The van der Waals surface area contributed by atoms with Crippen LogP contribution in [0, 0.1) is 0 Å². The molecule has 2 fully saturated rings. The lowest BCUT2D eigenvalue weighted by atomic mass is 10.2. The van der Waals surface area contributed by atoms with E-state index in [9.17, 15) is 0 Å². The highest BCUT2D eigenvalue weighted by atomic mass is 16.5. The molecule has 0 spiro atoms. The fourth-order valence-electron chi connectivity index (χ4n) is 2.54. The smallest absolute Gasteiger partial charge is 0.191 e. The molecule has 0 unspecified atom stereocenters. The number of anilines is 1. The monoisotopic (exact) mass is 274 g/mol. The molecule has 0 radical (unpaired) electrons. The SMILES string of the molecule is COc1ccccc1N1CCN(C(N)=NC2CC2)CC1. The van der Waals surface area contributed by atoms with Gasteiger partial charge in [-0.25, -0.2) is 4.99 Å². The highest BCUT2D eigenvalue weighted by Crippen LogP contribution is 2.28. The van der Waals surface area contributed by atoms with Crippen LogP contribution in [0.4, 0.5) is 5.69 Å². The first-order valence-corrected chi connectivity index (χ1v) is 7.24. The summed E-state index contributed by atoms with van der Waals surface area (Å²) < 4.78 is 5.43. The number of guanidine groups is 1. The number of aliphatic imine (C=N–C) groups is 1. The largest absolute Gasteiger partial charge is 0.495 e. The van der Waals surface area contributed by atoms with Crippen molar-refractivity contribution in [3.05, 3.63) is 24.3 Å². The molecule has 1 saturated carbocycles. The predicted molar refractivity (Wildman–Crippen MR) is 81.4 cm³/mol. The number of piperazine rings is 1. The van der Waals surface area contributed by atoms with Crippen molar-refractivity contribution in [2.24, 2.45) is 10.7 Å². The maximum atomic E-state index is 6.06. The zero-order chi connectivity index (χ0) is 13.9. The van der Waals surface area contributed by atoms with Crippen LogP contribution >= 0.6 is 0 Å². The molecule has 1 heterocycles. The van der Waals surface area contributed by atoms with Crippen LogP contribution in [0.3, 0.4) is 0 Å². The van der Waals surface area contributed by atoms with Gasteiger partial charge in [-0.15, -0.1) is 0 Å². The van der Waals surface area contributed by atoms with Crippen LogP contribution in [0.25, 0.3) is 0 Å². The number of ether oxygens (including phenoxy) is 1. The summed E-state index contributed by atoms with van der Waals surface area (Å²) in [5.41, 5.74) is 7.22. The zero-order valence-corrected chi connectivity index (χ0v) is 12.0. The summed E-state index contributed by atoms with van der Waals surface area (Å²) in [4.78, 5) is 9.05. The minimum atomic E-state index is 0.488. The van der Waals surface area contributed by atoms with E-state index < -0.39 is 0 Å². The lowest BCUT2D eigenvalue weighted by molar-refractivity contribution is 0.374. The van der Waals surface area contributed by atoms with E-state index in [2.05, 4.69) is 20.9 Å². The van der Waals surface area contributed by atoms with Gasteiger partial charge in [-0.05, 0) is 25.0 Å². The second-order valence-electron chi connectivity index (χ2n) is 5.36. The summed E-state index contributed by atoms with van der Waals surface area (Å²) in [6.45, 7) is 3.72. The Kier molecular flexibility index (Phi) is 3.67. The standard InChI is InChI=1S/C15H22N4O/c1-20-14-5-3-2-4-13(14)18-8-10-19(11-9-18)15(16)17-12-6-7-12/h2-5,12H,6-11H2,1H3,(H2,16,17). The molecular formula is C15H22N4O. The number of rotatable bonds is 3. The average molecular weight is 274 g/mol. The van der Waals surface area contributed by atoms with Gasteiger partial charge in [0.2, 0.25) is 0 Å². The molecule has 1 saturated heterocycles. The van der Waals surface area contributed by atoms with Gasteiger partial charge in [-0.1, -0.05) is 12.1 Å². The summed E-state index contributed by atoms with van der Waals surface area (Å²) in [6.07, 6.45) is 2.39. The Morgan fingerprint density at radius 2 is 1.90 bits per heavy atom. The minimum absolute atomic E-state index is 0.488. The zero-order valence-electron chi connectivity index (χ0n) is 12.0. The molecule has 0 atom stereocenters. The summed E-state index contributed by atoms with van der Waals surface area (Å²) in [6, 6.07) is 8.65. The van der Waals surface area contributed by atoms with Crippen LogP contribution in [-0.2, 0) is 0 Å². The Hall–Kier alpha value is -1.91. The number of methoxy groups -OCH3 is 1. The number of para-hydroxylation sites is 2. The fraction of sp³-hybridized carbons (Fsp3) is 0.533. The molecule has 3 rings (SSSR count). The molecule has 2 N–H and O–H groups in total. The van der Waals surface area contributed by atoms with Crippen molar-refractivity contribution in [3.8, 4) is 5.75 Å². The highest BCUT2D eigenvalue weighted by molar-refractivity contribution is 5.78. The molecule has 2 aliphatic rings. The fourth-order valence-corrected chi connectivity index (χ4v) is 2.54. The summed E-state index contributed by atoms with van der Waals surface area (Å²) >= 11 is 0. The number of nitrogens with two attached hydrogens (primary N) is 1. The van der Waals surface area contributed by atoms with Gasteiger partial charge in [0.25, 0.3) is 0 Å². The third-order valence-electron chi connectivity index (χ3n) is 3.89. The van der Waals surface area contributed by atoms with Crippen molar-refractivity contribution in [2.75, 3.05) is 38.2 Å². The molecule has 1 aromatic rings. The van der Waals surface area contributed by atoms with Crippen LogP contribution in [0.5, 0.6) is 5.75 Å². The Morgan fingerprint density at radius 1 is 1.20 bits per heavy atom. The van der Waals surface area contributed by atoms with Gasteiger partial charge in [-0.2, -0.15) is 0 Å². The minimum Gasteiger partial charge on any atom is -0.495 e. The Morgan fingerprint density at radius 3 is 2.55 bits per heavy atom. The molecule has 0 aromatic heterocycles. The average Bonchev–Trinajstić information content (AvgIpc) is 3.31. The second-order valence-corrected chi connectivity index (χ2v) is 5.36. The summed E-state index contributed by atoms with van der Waals surface area (Å²) in [5.74, 6) is 1.65. The molecule has 5 nitrogen and oxygen atoms in total. The Bertz CT molecular complexity index is 490. The Balaban J connectivity index is 1.63. The van der Waals surface area contributed by atoms with Crippen molar-refractivity contribution < 1.29 is 4.74 Å². The topological polar surface area (TPSA) is 54.1 Å². The number of nitrogens with zero attached hydrogens (tertiary/aromatic N) is 3. The van der Waals surface area contributed by atoms with Crippen LogP contribution < -0.4 is 15.4 Å². The molecular weight excluding hydrogens is 252 g/mol. The van der Waals surface area contributed by atoms with Gasteiger partial charge in [0.05, 0.1) is 18.8 Å². The molecule has 0 amide bonds. The van der Waals surface area contributed by atoms with E-state index in [4.69, 9.17) is 10.5 Å². The van der Waals surface area contributed by atoms with E-state index in [1.807, 2.05) is 18.2 Å². The molecule has 20 heavy (non-hydrogen) atoms. The van der Waals surface area contributed by atoms with Crippen molar-refractivity contribution >= 4 is 11.6 Å². The molecule has 0 bridgehead atoms. The van der Waals surface area contributed by atoms with Gasteiger partial charge < -0.3 is 20.3 Å². The van der Waals surface area contributed by atoms with Crippen molar-refractivity contribution in [1.82, 2.24) is 4.90 Å². The predicted octanol–water partition coefficient (Wildman–Crippen LogP) is 1.29. The summed E-state index contributed by atoms with van der Waals surface area (Å²) in [7, 11) is 1.72. The van der Waals surface area contributed by atoms with Gasteiger partial charge in [0, 0.05) is 26.2 Å². The van der Waals surface area contributed by atoms with Crippen molar-refractivity contribution in [1.29, 1.82) is 0 Å². The molecule has 1 aromatic carbocycles. The number of hydrogen-bond acceptors (Lipinski definition) is 3. The summed E-state index contributed by atoms with van der Waals surface area (Å²) in [5, 5.41) is 0. The van der Waals surface area contributed by atoms with Gasteiger partial charge in [0.15, 0.2) is 5.96 Å². The number of hydrogen-bond donors (Lipinski definition) is 1. The van der Waals surface area contributed by atoms with Crippen LogP contribution in [-0.4, -0.2) is 50.2 Å². The number of benzene rings is 1. The van der Waals surface area contributed by atoms with E-state index >= 15 is 0 Å². The van der Waals surface area contributed by atoms with Crippen LogP contribution in [0.1, 0.15) is 12.8 Å². The van der Waals surface area contributed by atoms with Crippen LogP contribution in [0.2, 0.25) is 0 Å². The first kappa shape index (κ1) is 13.1. The van der Waals surface area contributed by atoms with Crippen LogP contribution in [0.15, 0.2) is 29.3 Å². The second kappa shape index (κ2) is 5.61. The third-order valence-corrected chi connectivity index (χ3v) is 3.89.